The van der Waals surface area contributed by atoms with Gasteiger partial charge in [-0.3, -0.25) is 4.79 Å². The van der Waals surface area contributed by atoms with Gasteiger partial charge in [-0.2, -0.15) is 5.10 Å². The average Bonchev–Trinajstić information content (AvgIpc) is 3.07. The number of nitrogens with zero attached hydrogens (tertiary/aromatic N) is 2. The molecule has 21 heavy (non-hydrogen) atoms. The third kappa shape index (κ3) is 3.03. The van der Waals surface area contributed by atoms with Crippen molar-refractivity contribution in [3.8, 4) is 5.69 Å². The zero-order chi connectivity index (χ0) is 14.9. The van der Waals surface area contributed by atoms with Crippen molar-refractivity contribution in [2.24, 2.45) is 0 Å². The highest BCUT2D eigenvalue weighted by Crippen LogP contribution is 2.10. The molecule has 3 rings (SSSR count). The maximum Gasteiger partial charge on any atom is 0.254 e. The number of hydrogen-bond donors (Lipinski definition) is 1. The van der Waals surface area contributed by atoms with E-state index in [9.17, 15) is 13.2 Å². The highest BCUT2D eigenvalue weighted by Gasteiger charge is 2.23. The van der Waals surface area contributed by atoms with Crippen LogP contribution in [0.5, 0.6) is 0 Å². The van der Waals surface area contributed by atoms with Gasteiger partial charge in [0.25, 0.3) is 5.91 Å². The average molecular weight is 303 g/mol. The van der Waals surface area contributed by atoms with Gasteiger partial charge < -0.3 is 5.32 Å². The Morgan fingerprint density at radius 3 is 2.71 bits per heavy atom. The maximum absolute atomic E-state index is 12.1. The fraction of sp³-hybridized carbons (Fsp3) is 0.143. The minimum absolute atomic E-state index is 0.0917. The highest BCUT2D eigenvalue weighted by molar-refractivity contribution is 7.94. The van der Waals surface area contributed by atoms with Crippen LogP contribution in [0.15, 0.2) is 54.2 Å². The lowest BCUT2D eigenvalue weighted by Crippen LogP contribution is -2.35. The summed E-state index contributed by atoms with van der Waals surface area (Å²) in [5, 5.41) is 7.92. The van der Waals surface area contributed by atoms with Gasteiger partial charge in [0.05, 0.1) is 29.2 Å². The molecule has 1 atom stereocenters. The predicted molar refractivity (Wildman–Crippen MR) is 77.7 cm³/mol. The Morgan fingerprint density at radius 1 is 1.29 bits per heavy atom. The number of carbonyl (C=O) groups excluding carboxylic acids is 1. The molecule has 108 valence electrons. The number of sulfone groups is 1. The van der Waals surface area contributed by atoms with Gasteiger partial charge in [0, 0.05) is 11.6 Å². The molecule has 1 N–H and O–H groups in total. The predicted octanol–water partition coefficient (Wildman–Crippen LogP) is 0.913. The van der Waals surface area contributed by atoms with Gasteiger partial charge in [0.2, 0.25) is 0 Å². The van der Waals surface area contributed by atoms with E-state index in [1.807, 2.05) is 30.3 Å². The molecular weight excluding hydrogens is 290 g/mol. The van der Waals surface area contributed by atoms with Crippen molar-refractivity contribution in [2.75, 3.05) is 5.75 Å². The molecule has 0 fully saturated rings. The number of aromatic nitrogens is 2. The smallest absolute Gasteiger partial charge is 0.254 e. The van der Waals surface area contributed by atoms with Crippen LogP contribution in [0.25, 0.3) is 5.69 Å². The molecule has 0 aliphatic carbocycles. The molecule has 1 unspecified atom stereocenters. The van der Waals surface area contributed by atoms with Crippen molar-refractivity contribution in [3.05, 3.63) is 59.8 Å². The summed E-state index contributed by atoms with van der Waals surface area (Å²) >= 11 is 0. The molecule has 2 aromatic rings. The molecule has 7 heteroatoms. The first-order valence-electron chi connectivity index (χ1n) is 6.35. The van der Waals surface area contributed by atoms with Crippen LogP contribution in [0, 0.1) is 0 Å². The minimum Gasteiger partial charge on any atom is -0.345 e. The lowest BCUT2D eigenvalue weighted by atomic mass is 10.3. The molecule has 1 amide bonds. The molecule has 2 heterocycles. The van der Waals surface area contributed by atoms with E-state index in [4.69, 9.17) is 0 Å². The first-order chi connectivity index (χ1) is 10.0. The number of nitrogens with one attached hydrogen (secondary N) is 1. The lowest BCUT2D eigenvalue weighted by molar-refractivity contribution is 0.0947. The van der Waals surface area contributed by atoms with Gasteiger partial charge in [-0.1, -0.05) is 18.2 Å². The summed E-state index contributed by atoms with van der Waals surface area (Å²) in [6, 6.07) is 8.92. The van der Waals surface area contributed by atoms with Crippen molar-refractivity contribution in [2.45, 2.75) is 6.04 Å². The van der Waals surface area contributed by atoms with E-state index < -0.39 is 15.9 Å². The number of benzene rings is 1. The van der Waals surface area contributed by atoms with E-state index in [2.05, 4.69) is 10.4 Å². The van der Waals surface area contributed by atoms with Crippen LogP contribution in [0.3, 0.4) is 0 Å². The molecule has 0 saturated heterocycles. The largest absolute Gasteiger partial charge is 0.345 e. The van der Waals surface area contributed by atoms with Crippen LogP contribution < -0.4 is 5.32 Å². The summed E-state index contributed by atoms with van der Waals surface area (Å²) in [4.78, 5) is 12.1. The van der Waals surface area contributed by atoms with E-state index in [1.165, 1.54) is 12.3 Å². The molecule has 0 radical (unpaired) electrons. The summed E-state index contributed by atoms with van der Waals surface area (Å²) < 4.78 is 24.2. The van der Waals surface area contributed by atoms with E-state index in [1.54, 1.807) is 10.9 Å². The topological polar surface area (TPSA) is 81.1 Å². The van der Waals surface area contributed by atoms with Gasteiger partial charge in [-0.05, 0) is 18.2 Å². The highest BCUT2D eigenvalue weighted by atomic mass is 32.2. The molecular formula is C14H13N3O3S. The summed E-state index contributed by atoms with van der Waals surface area (Å²) in [6.07, 6.45) is 4.54. The number of amides is 1. The molecule has 6 nitrogen and oxygen atoms in total. The number of para-hydroxylation sites is 1. The third-order valence-corrected chi connectivity index (χ3v) is 4.51. The zero-order valence-electron chi connectivity index (χ0n) is 11.0. The number of carbonyl (C=O) groups is 1. The standard InChI is InChI=1S/C14H13N3O3S/c18-14(16-12-6-7-21(19,20)10-12)11-8-15-17(9-11)13-4-2-1-3-5-13/h1-9,12H,10H2,(H,16,18). The van der Waals surface area contributed by atoms with Crippen LogP contribution >= 0.6 is 0 Å². The zero-order valence-corrected chi connectivity index (χ0v) is 11.8. The SMILES string of the molecule is O=C(NC1C=CS(=O)(=O)C1)c1cnn(-c2ccccc2)c1. The second-order valence-corrected chi connectivity index (χ2v) is 6.68. The Bertz CT molecular complexity index is 794. The summed E-state index contributed by atoms with van der Waals surface area (Å²) in [5.74, 6) is -0.435. The van der Waals surface area contributed by atoms with Crippen LogP contribution in [-0.2, 0) is 9.84 Å². The van der Waals surface area contributed by atoms with Crippen molar-refractivity contribution in [1.29, 1.82) is 0 Å². The Kier molecular flexibility index (Phi) is 3.34. The van der Waals surface area contributed by atoms with Crippen LogP contribution in [0.2, 0.25) is 0 Å². The van der Waals surface area contributed by atoms with E-state index in [-0.39, 0.29) is 11.7 Å². The minimum atomic E-state index is -3.18. The van der Waals surface area contributed by atoms with Crippen molar-refractivity contribution in [3.63, 3.8) is 0 Å². The summed E-state index contributed by atoms with van der Waals surface area (Å²) in [7, 11) is -3.18. The van der Waals surface area contributed by atoms with Gasteiger partial charge in [-0.15, -0.1) is 0 Å². The maximum atomic E-state index is 12.1. The quantitative estimate of drug-likeness (QED) is 0.914. The molecule has 1 aromatic carbocycles. The van der Waals surface area contributed by atoms with E-state index in [0.717, 1.165) is 11.1 Å². The molecule has 0 saturated carbocycles. The first kappa shape index (κ1) is 13.6. The Balaban J connectivity index is 1.72. The number of hydrogen-bond acceptors (Lipinski definition) is 4. The summed E-state index contributed by atoms with van der Waals surface area (Å²) in [6.45, 7) is 0. The first-order valence-corrected chi connectivity index (χ1v) is 8.07. The molecule has 0 spiro atoms. The van der Waals surface area contributed by atoms with Crippen LogP contribution in [0.1, 0.15) is 10.4 Å². The third-order valence-electron chi connectivity index (χ3n) is 3.11. The lowest BCUT2D eigenvalue weighted by Gasteiger charge is -2.08. The van der Waals surface area contributed by atoms with Gasteiger partial charge in [0.1, 0.15) is 0 Å². The fourth-order valence-corrected chi connectivity index (χ4v) is 3.31. The van der Waals surface area contributed by atoms with Gasteiger partial charge in [0.15, 0.2) is 9.84 Å². The van der Waals surface area contributed by atoms with Gasteiger partial charge >= 0.3 is 0 Å². The number of rotatable bonds is 3. The van der Waals surface area contributed by atoms with E-state index >= 15 is 0 Å². The Labute approximate surface area is 122 Å². The van der Waals surface area contributed by atoms with Crippen LogP contribution in [0.4, 0.5) is 0 Å². The molecule has 0 bridgehead atoms. The second kappa shape index (κ2) is 5.17. The second-order valence-electron chi connectivity index (χ2n) is 4.75. The Hall–Kier alpha value is -2.41. The van der Waals surface area contributed by atoms with Crippen LogP contribution in [-0.4, -0.2) is 35.9 Å². The molecule has 1 aliphatic rings. The van der Waals surface area contributed by atoms with Crippen molar-refractivity contribution in [1.82, 2.24) is 15.1 Å². The molecule has 1 aromatic heterocycles. The van der Waals surface area contributed by atoms with E-state index in [0.29, 0.717) is 5.56 Å². The molecule has 1 aliphatic heterocycles. The van der Waals surface area contributed by atoms with Gasteiger partial charge in [-0.25, -0.2) is 13.1 Å². The Morgan fingerprint density at radius 2 is 2.05 bits per heavy atom. The normalized spacial score (nSPS) is 19.5. The fourth-order valence-electron chi connectivity index (χ4n) is 2.08. The summed E-state index contributed by atoms with van der Waals surface area (Å²) in [5.41, 5.74) is 1.23. The monoisotopic (exact) mass is 303 g/mol. The van der Waals surface area contributed by atoms with Crippen molar-refractivity contribution >= 4 is 15.7 Å². The van der Waals surface area contributed by atoms with Crippen molar-refractivity contribution < 1.29 is 13.2 Å².